The van der Waals surface area contributed by atoms with E-state index in [9.17, 15) is 14.7 Å². The maximum atomic E-state index is 12.9. The second-order valence-corrected chi connectivity index (χ2v) is 8.42. The summed E-state index contributed by atoms with van der Waals surface area (Å²) < 4.78 is 6.25. The molecule has 1 atom stereocenters. The topological polar surface area (TPSA) is 86.0 Å². The fraction of sp³-hybridized carbons (Fsp3) is 0.333. The van der Waals surface area contributed by atoms with E-state index in [0.717, 1.165) is 24.2 Å². The number of hydrogen-bond acceptors (Lipinski definition) is 6. The van der Waals surface area contributed by atoms with Crippen molar-refractivity contribution in [1.82, 2.24) is 4.90 Å². The monoisotopic (exact) mass is 421 g/mol. The molecule has 2 N–H and O–H groups in total. The first-order chi connectivity index (χ1) is 14.7. The Bertz CT molecular complexity index is 1200. The molecule has 1 aliphatic rings. The minimum absolute atomic E-state index is 0.0763. The van der Waals surface area contributed by atoms with Gasteiger partial charge in [0.05, 0.1) is 17.0 Å². The summed E-state index contributed by atoms with van der Waals surface area (Å²) in [4.78, 5) is 28.7. The zero-order valence-corrected chi connectivity index (χ0v) is 18.2. The second kappa shape index (κ2) is 8.07. The number of fused-ring (bicyclic) bond motifs is 1. The van der Waals surface area contributed by atoms with Gasteiger partial charge in [-0.25, -0.2) is 4.79 Å². The van der Waals surface area contributed by atoms with Crippen LogP contribution in [0.2, 0.25) is 0 Å². The SMILES string of the molecule is Cc1cc(C(C)Nc2ccccc2C(=O)O)c2oc(N3CC(N(C)C)C3)cc(=O)c2c1. The Kier molecular flexibility index (Phi) is 5.45. The molecule has 3 aromatic rings. The predicted molar refractivity (Wildman–Crippen MR) is 122 cm³/mol. The molecular weight excluding hydrogens is 394 g/mol. The van der Waals surface area contributed by atoms with Gasteiger partial charge in [0.2, 0.25) is 0 Å². The van der Waals surface area contributed by atoms with Crippen molar-refractivity contribution in [1.29, 1.82) is 0 Å². The van der Waals surface area contributed by atoms with Crippen molar-refractivity contribution in [3.63, 3.8) is 0 Å². The van der Waals surface area contributed by atoms with Crippen LogP contribution in [0.3, 0.4) is 0 Å². The van der Waals surface area contributed by atoms with Gasteiger partial charge in [0.15, 0.2) is 11.3 Å². The number of nitrogens with one attached hydrogen (secondary N) is 1. The molecule has 2 aromatic carbocycles. The highest BCUT2D eigenvalue weighted by Gasteiger charge is 2.30. The molecule has 0 radical (unpaired) electrons. The van der Waals surface area contributed by atoms with Gasteiger partial charge in [0.25, 0.3) is 0 Å². The maximum Gasteiger partial charge on any atom is 0.337 e. The van der Waals surface area contributed by atoms with Gasteiger partial charge in [0.1, 0.15) is 5.58 Å². The van der Waals surface area contributed by atoms with E-state index in [2.05, 4.69) is 15.1 Å². The highest BCUT2D eigenvalue weighted by molar-refractivity contribution is 5.94. The number of aryl methyl sites for hydroxylation is 1. The van der Waals surface area contributed by atoms with E-state index >= 15 is 0 Å². The first-order valence-electron chi connectivity index (χ1n) is 10.3. The zero-order valence-electron chi connectivity index (χ0n) is 18.2. The molecule has 7 nitrogen and oxygen atoms in total. The Morgan fingerprint density at radius 3 is 2.61 bits per heavy atom. The van der Waals surface area contributed by atoms with Gasteiger partial charge in [-0.15, -0.1) is 0 Å². The highest BCUT2D eigenvalue weighted by Crippen LogP contribution is 2.32. The maximum absolute atomic E-state index is 12.9. The number of aromatic carboxylic acids is 1. The van der Waals surface area contributed by atoms with Crippen molar-refractivity contribution in [2.45, 2.75) is 25.9 Å². The summed E-state index contributed by atoms with van der Waals surface area (Å²) in [7, 11) is 4.09. The number of likely N-dealkylation sites (N-methyl/N-ethyl adjacent to an activating group) is 1. The lowest BCUT2D eigenvalue weighted by Crippen LogP contribution is -2.57. The van der Waals surface area contributed by atoms with Gasteiger partial charge in [-0.1, -0.05) is 18.2 Å². The largest absolute Gasteiger partial charge is 0.478 e. The smallest absolute Gasteiger partial charge is 0.337 e. The molecule has 31 heavy (non-hydrogen) atoms. The number of nitrogens with zero attached hydrogens (tertiary/aromatic N) is 2. The summed E-state index contributed by atoms with van der Waals surface area (Å²) in [6, 6.07) is 12.3. The molecule has 2 heterocycles. The Balaban J connectivity index is 1.73. The minimum atomic E-state index is -0.994. The fourth-order valence-corrected chi connectivity index (χ4v) is 3.97. The Morgan fingerprint density at radius 1 is 1.23 bits per heavy atom. The number of hydrogen-bond donors (Lipinski definition) is 2. The first kappa shape index (κ1) is 20.9. The van der Waals surface area contributed by atoms with E-state index in [1.807, 2.05) is 40.1 Å². The number of rotatable bonds is 6. The third-order valence-corrected chi connectivity index (χ3v) is 5.89. The predicted octanol–water partition coefficient (Wildman–Crippen LogP) is 3.72. The molecule has 7 heteroatoms. The third kappa shape index (κ3) is 4.01. The summed E-state index contributed by atoms with van der Waals surface area (Å²) >= 11 is 0. The lowest BCUT2D eigenvalue weighted by molar-refractivity contribution is 0.0698. The highest BCUT2D eigenvalue weighted by atomic mass is 16.4. The Morgan fingerprint density at radius 2 is 1.94 bits per heavy atom. The molecule has 1 aliphatic heterocycles. The van der Waals surface area contributed by atoms with Crippen molar-refractivity contribution in [3.8, 4) is 0 Å². The van der Waals surface area contributed by atoms with Crippen LogP contribution in [-0.4, -0.2) is 49.2 Å². The van der Waals surface area contributed by atoms with Crippen LogP contribution in [0.25, 0.3) is 11.0 Å². The summed E-state index contributed by atoms with van der Waals surface area (Å²) in [6.07, 6.45) is 0. The molecule has 0 spiro atoms. The number of carboxylic acid groups (broad SMARTS) is 1. The van der Waals surface area contributed by atoms with Crippen molar-refractivity contribution < 1.29 is 14.3 Å². The molecule has 0 saturated carbocycles. The number of benzene rings is 2. The summed E-state index contributed by atoms with van der Waals surface area (Å²) in [5.41, 5.74) is 2.94. The normalized spacial score (nSPS) is 15.2. The molecular formula is C24H27N3O4. The van der Waals surface area contributed by atoms with E-state index in [1.165, 1.54) is 0 Å². The molecule has 0 bridgehead atoms. The molecule has 4 rings (SSSR count). The van der Waals surface area contributed by atoms with Gasteiger partial charge in [-0.3, -0.25) is 4.79 Å². The number of anilines is 2. The van der Waals surface area contributed by atoms with E-state index < -0.39 is 5.97 Å². The average Bonchev–Trinajstić information content (AvgIpc) is 2.67. The lowest BCUT2D eigenvalue weighted by atomic mass is 10.0. The van der Waals surface area contributed by atoms with Gasteiger partial charge >= 0.3 is 5.97 Å². The average molecular weight is 421 g/mol. The van der Waals surface area contributed by atoms with E-state index in [4.69, 9.17) is 4.42 Å². The van der Waals surface area contributed by atoms with Crippen LogP contribution in [-0.2, 0) is 0 Å². The van der Waals surface area contributed by atoms with Crippen molar-refractivity contribution in [3.05, 3.63) is 69.4 Å². The summed E-state index contributed by atoms with van der Waals surface area (Å²) in [5.74, 6) is -0.426. The van der Waals surface area contributed by atoms with Crippen LogP contribution in [0.5, 0.6) is 0 Å². The molecule has 1 aromatic heterocycles. The minimum Gasteiger partial charge on any atom is -0.478 e. The number of carboxylic acids is 1. The van der Waals surface area contributed by atoms with Crippen LogP contribution in [0.4, 0.5) is 11.6 Å². The standard InChI is InChI=1S/C24H27N3O4/c1-14-9-18(15(2)25-20-8-6-5-7-17(20)24(29)30)23-19(10-14)21(28)11-22(31-23)27-12-16(13-27)26(3)4/h5-11,15-16,25H,12-13H2,1-4H3,(H,29,30). The van der Waals surface area contributed by atoms with Crippen LogP contribution >= 0.6 is 0 Å². The molecule has 1 saturated heterocycles. The van der Waals surface area contributed by atoms with Crippen molar-refractivity contribution in [2.75, 3.05) is 37.4 Å². The number of carbonyl (C=O) groups is 1. The van der Waals surface area contributed by atoms with Crippen LogP contribution < -0.4 is 15.6 Å². The zero-order chi connectivity index (χ0) is 22.3. The van der Waals surface area contributed by atoms with E-state index in [1.54, 1.807) is 30.3 Å². The van der Waals surface area contributed by atoms with Gasteiger partial charge < -0.3 is 24.6 Å². The molecule has 0 aliphatic carbocycles. The lowest BCUT2D eigenvalue weighted by Gasteiger charge is -2.43. The van der Waals surface area contributed by atoms with E-state index in [0.29, 0.717) is 28.6 Å². The van der Waals surface area contributed by atoms with Crippen LogP contribution in [0.15, 0.2) is 51.7 Å². The third-order valence-electron chi connectivity index (χ3n) is 5.89. The van der Waals surface area contributed by atoms with E-state index in [-0.39, 0.29) is 17.0 Å². The molecule has 1 unspecified atom stereocenters. The van der Waals surface area contributed by atoms with Gasteiger partial charge in [-0.05, 0) is 51.7 Å². The van der Waals surface area contributed by atoms with Crippen molar-refractivity contribution in [2.24, 2.45) is 0 Å². The molecule has 0 amide bonds. The Labute approximate surface area is 180 Å². The number of para-hydroxylation sites is 1. The van der Waals surface area contributed by atoms with Crippen LogP contribution in [0.1, 0.15) is 34.5 Å². The van der Waals surface area contributed by atoms with Gasteiger partial charge in [-0.2, -0.15) is 0 Å². The second-order valence-electron chi connectivity index (χ2n) is 8.42. The van der Waals surface area contributed by atoms with Crippen molar-refractivity contribution >= 4 is 28.5 Å². The molecule has 162 valence electrons. The summed E-state index contributed by atoms with van der Waals surface area (Å²) in [6.45, 7) is 5.49. The summed E-state index contributed by atoms with van der Waals surface area (Å²) in [5, 5.41) is 13.3. The van der Waals surface area contributed by atoms with Gasteiger partial charge in [0, 0.05) is 36.4 Å². The molecule has 1 fully saturated rings. The quantitative estimate of drug-likeness (QED) is 0.627. The Hall–Kier alpha value is -3.32. The van der Waals surface area contributed by atoms with Crippen LogP contribution in [0, 0.1) is 6.92 Å². The fourth-order valence-electron chi connectivity index (χ4n) is 3.97. The first-order valence-corrected chi connectivity index (χ1v) is 10.3.